The van der Waals surface area contributed by atoms with Crippen LogP contribution < -0.4 is 0 Å². The molecule has 0 radical (unpaired) electrons. The molecule has 0 saturated heterocycles. The van der Waals surface area contributed by atoms with Gasteiger partial charge in [0.2, 0.25) is 0 Å². The molecule has 0 heterocycles. The first-order valence-corrected chi connectivity index (χ1v) is 10.4. The first kappa shape index (κ1) is 17.5. The van der Waals surface area contributed by atoms with Gasteiger partial charge >= 0.3 is 5.97 Å². The fourth-order valence-corrected chi connectivity index (χ4v) is 4.83. The number of hydrogen-bond acceptors (Lipinski definition) is 2. The number of benzene rings is 4. The molecule has 27 heavy (non-hydrogen) atoms. The number of hydrogen-bond donors (Lipinski definition) is 1. The molecule has 0 amide bonds. The zero-order chi connectivity index (χ0) is 18.8. The van der Waals surface area contributed by atoms with E-state index < -0.39 is 27.2 Å². The number of aromatic carboxylic acids is 1. The molecule has 4 aromatic rings. The first-order chi connectivity index (χ1) is 13.2. The van der Waals surface area contributed by atoms with Crippen LogP contribution in [0.4, 0.5) is 0 Å². The van der Waals surface area contributed by atoms with Gasteiger partial charge in [-0.1, -0.05) is 78.9 Å². The summed E-state index contributed by atoms with van der Waals surface area (Å²) in [6.45, 7) is 0. The van der Waals surface area contributed by atoms with Crippen molar-refractivity contribution in [3.8, 4) is 22.3 Å². The lowest BCUT2D eigenvalue weighted by molar-refractivity contribution is 0.0696. The average molecular weight is 466 g/mol. The van der Waals surface area contributed by atoms with Gasteiger partial charge in [0.05, 0.1) is 9.13 Å². The SMILES string of the molecule is O=Ic1c(C(=O)O)cc2cccc(-c3ccccc3)c2c1-c1ccccc1. The highest BCUT2D eigenvalue weighted by molar-refractivity contribution is 14.1. The van der Waals surface area contributed by atoms with Gasteiger partial charge in [-0.15, -0.1) is 0 Å². The Morgan fingerprint density at radius 3 is 2.00 bits per heavy atom. The highest BCUT2D eigenvalue weighted by Gasteiger charge is 2.21. The van der Waals surface area contributed by atoms with Gasteiger partial charge in [-0.2, -0.15) is 0 Å². The summed E-state index contributed by atoms with van der Waals surface area (Å²) in [4.78, 5) is 11.8. The summed E-state index contributed by atoms with van der Waals surface area (Å²) in [6, 6.07) is 27.1. The number of halogens is 1. The summed E-state index contributed by atoms with van der Waals surface area (Å²) in [5.41, 5.74) is 3.79. The minimum Gasteiger partial charge on any atom is -0.478 e. The molecule has 0 atom stereocenters. The van der Waals surface area contributed by atoms with Crippen molar-refractivity contribution in [2.45, 2.75) is 0 Å². The Hall–Kier alpha value is -2.86. The molecule has 4 aromatic carbocycles. The Morgan fingerprint density at radius 2 is 1.41 bits per heavy atom. The Kier molecular flexibility index (Phi) is 4.81. The van der Waals surface area contributed by atoms with E-state index in [4.69, 9.17) is 0 Å². The zero-order valence-corrected chi connectivity index (χ0v) is 16.4. The molecule has 0 saturated carbocycles. The zero-order valence-electron chi connectivity index (χ0n) is 14.2. The first-order valence-electron chi connectivity index (χ1n) is 8.41. The molecule has 0 unspecified atom stereocenters. The Balaban J connectivity index is 2.21. The van der Waals surface area contributed by atoms with E-state index in [1.165, 1.54) is 0 Å². The molecule has 1 N–H and O–H groups in total. The third kappa shape index (κ3) is 3.17. The molecule has 0 aliphatic heterocycles. The lowest BCUT2D eigenvalue weighted by Crippen LogP contribution is -2.03. The molecule has 132 valence electrons. The minimum absolute atomic E-state index is 0.120. The molecule has 0 aliphatic rings. The van der Waals surface area contributed by atoms with Gasteiger partial charge < -0.3 is 5.11 Å². The molecule has 4 rings (SSSR count). The van der Waals surface area contributed by atoms with Crippen LogP contribution in [0.5, 0.6) is 0 Å². The van der Waals surface area contributed by atoms with Crippen LogP contribution in [-0.2, 0) is 3.07 Å². The molecule has 0 bridgehead atoms. The second-order valence-corrected chi connectivity index (χ2v) is 7.65. The smallest absolute Gasteiger partial charge is 0.336 e. The minimum atomic E-state index is -1.68. The van der Waals surface area contributed by atoms with Crippen LogP contribution in [0.25, 0.3) is 33.0 Å². The van der Waals surface area contributed by atoms with Crippen LogP contribution in [0.2, 0.25) is 0 Å². The summed E-state index contributed by atoms with van der Waals surface area (Å²) >= 11 is -1.68. The van der Waals surface area contributed by atoms with Crippen LogP contribution in [0.15, 0.2) is 84.9 Å². The molecule has 3 nitrogen and oxygen atoms in total. The predicted octanol–water partition coefficient (Wildman–Crippen LogP) is 6.36. The maximum absolute atomic E-state index is 12.2. The van der Waals surface area contributed by atoms with Crippen molar-refractivity contribution in [1.29, 1.82) is 0 Å². The van der Waals surface area contributed by atoms with Crippen molar-refractivity contribution in [3.63, 3.8) is 0 Å². The number of fused-ring (bicyclic) bond motifs is 1. The summed E-state index contributed by atoms with van der Waals surface area (Å²) in [5, 5.41) is 11.5. The van der Waals surface area contributed by atoms with E-state index in [9.17, 15) is 13.0 Å². The van der Waals surface area contributed by atoms with Crippen LogP contribution >= 0.6 is 21.2 Å². The van der Waals surface area contributed by atoms with Crippen molar-refractivity contribution in [2.75, 3.05) is 0 Å². The summed E-state index contributed by atoms with van der Waals surface area (Å²) in [6.07, 6.45) is 0. The van der Waals surface area contributed by atoms with Crippen LogP contribution in [0, 0.1) is 3.57 Å². The maximum Gasteiger partial charge on any atom is 0.336 e. The molecule has 0 aromatic heterocycles. The number of rotatable bonds is 4. The highest BCUT2D eigenvalue weighted by Crippen LogP contribution is 2.41. The Bertz CT molecular complexity index is 1150. The van der Waals surface area contributed by atoms with Gasteiger partial charge in [-0.05, 0) is 33.5 Å². The van der Waals surface area contributed by atoms with Crippen LogP contribution in [0.1, 0.15) is 10.4 Å². The summed E-state index contributed by atoms with van der Waals surface area (Å²) < 4.78 is 12.6. The maximum atomic E-state index is 12.2. The topological polar surface area (TPSA) is 54.4 Å². The van der Waals surface area contributed by atoms with Crippen molar-refractivity contribution < 1.29 is 13.0 Å². The monoisotopic (exact) mass is 466 g/mol. The van der Waals surface area contributed by atoms with Crippen molar-refractivity contribution in [3.05, 3.63) is 94.1 Å². The number of carbonyl (C=O) groups is 1. The van der Waals surface area contributed by atoms with E-state index in [0.717, 1.165) is 33.0 Å². The van der Waals surface area contributed by atoms with Gasteiger partial charge in [-0.3, -0.25) is 3.07 Å². The molecule has 0 spiro atoms. The normalized spacial score (nSPS) is 10.8. The molecule has 4 heteroatoms. The Labute approximate surface area is 166 Å². The molecular weight excluding hydrogens is 451 g/mol. The van der Waals surface area contributed by atoms with Crippen molar-refractivity contribution in [2.24, 2.45) is 0 Å². The van der Waals surface area contributed by atoms with Crippen molar-refractivity contribution in [1.82, 2.24) is 0 Å². The lowest BCUT2D eigenvalue weighted by atomic mass is 9.90. The predicted molar refractivity (Wildman–Crippen MR) is 115 cm³/mol. The standard InChI is InChI=1S/C23H15IO3/c25-23(26)19-14-17-12-7-13-18(15-8-3-1-4-9-15)20(17)21(22(19)24-27)16-10-5-2-6-11-16/h1-14H,(H,25,26). The Morgan fingerprint density at radius 1 is 0.778 bits per heavy atom. The van der Waals surface area contributed by atoms with E-state index in [2.05, 4.69) is 0 Å². The van der Waals surface area contributed by atoms with Gasteiger partial charge in [-0.25, -0.2) is 4.79 Å². The van der Waals surface area contributed by atoms with E-state index in [1.54, 1.807) is 6.07 Å². The van der Waals surface area contributed by atoms with Crippen LogP contribution in [0.3, 0.4) is 0 Å². The third-order valence-corrected chi connectivity index (χ3v) is 6.12. The molecule has 0 fully saturated rings. The van der Waals surface area contributed by atoms with Gasteiger partial charge in [0.1, 0.15) is 0 Å². The van der Waals surface area contributed by atoms with E-state index in [1.807, 2.05) is 78.9 Å². The fourth-order valence-electron chi connectivity index (χ4n) is 3.40. The van der Waals surface area contributed by atoms with Gasteiger partial charge in [0.25, 0.3) is 0 Å². The van der Waals surface area contributed by atoms with Crippen LogP contribution in [-0.4, -0.2) is 11.1 Å². The highest BCUT2D eigenvalue weighted by atomic mass is 127. The largest absolute Gasteiger partial charge is 0.478 e. The quantitative estimate of drug-likeness (QED) is 0.357. The van der Waals surface area contributed by atoms with E-state index in [-0.39, 0.29) is 5.56 Å². The van der Waals surface area contributed by atoms with E-state index in [0.29, 0.717) is 3.57 Å². The van der Waals surface area contributed by atoms with Gasteiger partial charge in [0, 0.05) is 5.56 Å². The lowest BCUT2D eigenvalue weighted by Gasteiger charge is -2.16. The summed E-state index contributed by atoms with van der Waals surface area (Å²) in [7, 11) is 0. The van der Waals surface area contributed by atoms with Gasteiger partial charge in [0.15, 0.2) is 21.2 Å². The number of carboxylic acid groups (broad SMARTS) is 1. The second-order valence-electron chi connectivity index (χ2n) is 6.13. The van der Waals surface area contributed by atoms with Crippen molar-refractivity contribution >= 4 is 37.9 Å². The third-order valence-electron chi connectivity index (χ3n) is 4.56. The average Bonchev–Trinajstić information content (AvgIpc) is 2.73. The fraction of sp³-hybridized carbons (Fsp3) is 0. The molecular formula is C23H15IO3. The van der Waals surface area contributed by atoms with E-state index >= 15 is 0 Å². The second kappa shape index (κ2) is 7.40. The summed E-state index contributed by atoms with van der Waals surface area (Å²) in [5.74, 6) is -1.05. The number of carboxylic acids is 1. The molecule has 0 aliphatic carbocycles.